The fraction of sp³-hybridized carbons (Fsp3) is 0.700. The van der Waals surface area contributed by atoms with E-state index >= 15 is 0 Å². The van der Waals surface area contributed by atoms with Gasteiger partial charge in [-0.3, -0.25) is 4.68 Å². The molecule has 1 fully saturated rings. The maximum atomic E-state index is 5.80. The number of hydrogen-bond acceptors (Lipinski definition) is 2. The van der Waals surface area contributed by atoms with Crippen molar-refractivity contribution in [2.45, 2.75) is 25.7 Å². The number of hydrogen-bond donors (Lipinski definition) is 1. The van der Waals surface area contributed by atoms with Crippen molar-refractivity contribution in [3.8, 4) is 0 Å². The van der Waals surface area contributed by atoms with Crippen molar-refractivity contribution in [3.63, 3.8) is 0 Å². The highest BCUT2D eigenvalue weighted by Crippen LogP contribution is 2.42. The van der Waals surface area contributed by atoms with Crippen LogP contribution in [0.5, 0.6) is 0 Å². The van der Waals surface area contributed by atoms with Gasteiger partial charge in [0.25, 0.3) is 0 Å². The largest absolute Gasteiger partial charge is 0.330 e. The molecule has 3 heteroatoms. The van der Waals surface area contributed by atoms with E-state index in [1.165, 1.54) is 24.8 Å². The quantitative estimate of drug-likeness (QED) is 0.755. The molecule has 13 heavy (non-hydrogen) atoms. The predicted molar refractivity (Wildman–Crippen MR) is 52.3 cm³/mol. The Bertz CT molecular complexity index is 281. The van der Waals surface area contributed by atoms with Gasteiger partial charge in [0.05, 0.1) is 6.20 Å². The summed E-state index contributed by atoms with van der Waals surface area (Å²) in [6.45, 7) is 0.821. The molecule has 1 saturated carbocycles. The van der Waals surface area contributed by atoms with Gasteiger partial charge in [-0.15, -0.1) is 0 Å². The van der Waals surface area contributed by atoms with E-state index in [0.29, 0.717) is 5.41 Å². The highest BCUT2D eigenvalue weighted by molar-refractivity contribution is 5.09. The van der Waals surface area contributed by atoms with Crippen LogP contribution in [-0.4, -0.2) is 16.3 Å². The Labute approximate surface area is 78.9 Å². The molecule has 1 aromatic heterocycles. The van der Waals surface area contributed by atoms with Crippen molar-refractivity contribution in [1.82, 2.24) is 9.78 Å². The molecule has 72 valence electrons. The monoisotopic (exact) mass is 179 g/mol. The van der Waals surface area contributed by atoms with Crippen LogP contribution in [-0.2, 0) is 13.5 Å². The fourth-order valence-electron chi connectivity index (χ4n) is 2.13. The van der Waals surface area contributed by atoms with E-state index in [4.69, 9.17) is 5.73 Å². The molecule has 2 rings (SSSR count). The molecule has 0 atom stereocenters. The molecule has 0 amide bonds. The zero-order chi connectivity index (χ0) is 9.31. The van der Waals surface area contributed by atoms with E-state index in [2.05, 4.69) is 11.3 Å². The molecule has 0 aliphatic heterocycles. The highest BCUT2D eigenvalue weighted by atomic mass is 15.2. The van der Waals surface area contributed by atoms with Crippen LogP contribution >= 0.6 is 0 Å². The van der Waals surface area contributed by atoms with Gasteiger partial charge >= 0.3 is 0 Å². The topological polar surface area (TPSA) is 43.8 Å². The van der Waals surface area contributed by atoms with E-state index in [0.717, 1.165) is 13.0 Å². The van der Waals surface area contributed by atoms with Gasteiger partial charge in [0.15, 0.2) is 0 Å². The molecular formula is C10H17N3. The summed E-state index contributed by atoms with van der Waals surface area (Å²) in [6.07, 6.45) is 9.08. The van der Waals surface area contributed by atoms with Gasteiger partial charge in [0.1, 0.15) is 0 Å². The van der Waals surface area contributed by atoms with E-state index in [1.807, 2.05) is 17.9 Å². The molecule has 0 bridgehead atoms. The van der Waals surface area contributed by atoms with E-state index in [-0.39, 0.29) is 0 Å². The fourth-order valence-corrected chi connectivity index (χ4v) is 2.13. The predicted octanol–water partition coefficient (Wildman–Crippen LogP) is 1.09. The zero-order valence-corrected chi connectivity index (χ0v) is 8.16. The molecular weight excluding hydrogens is 162 g/mol. The van der Waals surface area contributed by atoms with Crippen LogP contribution < -0.4 is 5.73 Å². The lowest BCUT2D eigenvalue weighted by Crippen LogP contribution is -2.39. The van der Waals surface area contributed by atoms with Gasteiger partial charge in [-0.25, -0.2) is 0 Å². The maximum Gasteiger partial charge on any atom is 0.0521 e. The van der Waals surface area contributed by atoms with Crippen molar-refractivity contribution >= 4 is 0 Å². The molecule has 3 nitrogen and oxygen atoms in total. The van der Waals surface area contributed by atoms with Crippen LogP contribution in [0, 0.1) is 5.41 Å². The van der Waals surface area contributed by atoms with Crippen LogP contribution in [0.4, 0.5) is 0 Å². The molecule has 1 aromatic rings. The Morgan fingerprint density at radius 3 is 2.77 bits per heavy atom. The van der Waals surface area contributed by atoms with Crippen LogP contribution in [0.15, 0.2) is 12.4 Å². The van der Waals surface area contributed by atoms with Crippen molar-refractivity contribution in [3.05, 3.63) is 18.0 Å². The summed E-state index contributed by atoms with van der Waals surface area (Å²) in [5.74, 6) is 0. The Morgan fingerprint density at radius 1 is 1.62 bits per heavy atom. The first-order chi connectivity index (χ1) is 6.24. The lowest BCUT2D eigenvalue weighted by molar-refractivity contribution is 0.145. The summed E-state index contributed by atoms with van der Waals surface area (Å²) in [5, 5.41) is 4.17. The number of nitrogens with two attached hydrogens (primary N) is 1. The summed E-state index contributed by atoms with van der Waals surface area (Å²) in [5.41, 5.74) is 7.53. The summed E-state index contributed by atoms with van der Waals surface area (Å²) in [6, 6.07) is 0. The third kappa shape index (κ3) is 1.61. The number of nitrogens with zero attached hydrogens (tertiary/aromatic N) is 2. The number of aromatic nitrogens is 2. The number of aryl methyl sites for hydroxylation is 1. The minimum absolute atomic E-state index is 0.406. The molecule has 2 N–H and O–H groups in total. The van der Waals surface area contributed by atoms with Gasteiger partial charge < -0.3 is 5.73 Å². The van der Waals surface area contributed by atoms with Gasteiger partial charge in [-0.05, 0) is 36.8 Å². The van der Waals surface area contributed by atoms with Gasteiger partial charge in [0.2, 0.25) is 0 Å². The van der Waals surface area contributed by atoms with Crippen LogP contribution in [0.2, 0.25) is 0 Å². The third-order valence-electron chi connectivity index (χ3n) is 3.18. The Kier molecular flexibility index (Phi) is 2.12. The Balaban J connectivity index is 2.04. The zero-order valence-electron chi connectivity index (χ0n) is 8.16. The van der Waals surface area contributed by atoms with Crippen LogP contribution in [0.25, 0.3) is 0 Å². The first-order valence-electron chi connectivity index (χ1n) is 4.92. The second-order valence-corrected chi connectivity index (χ2v) is 4.26. The average Bonchev–Trinajstić information content (AvgIpc) is 2.44. The molecule has 1 aliphatic carbocycles. The molecule has 0 unspecified atom stereocenters. The van der Waals surface area contributed by atoms with E-state index in [9.17, 15) is 0 Å². The van der Waals surface area contributed by atoms with Gasteiger partial charge in [-0.2, -0.15) is 5.10 Å². The van der Waals surface area contributed by atoms with Gasteiger partial charge in [-0.1, -0.05) is 6.42 Å². The first-order valence-corrected chi connectivity index (χ1v) is 4.92. The molecule has 0 spiro atoms. The third-order valence-corrected chi connectivity index (χ3v) is 3.18. The highest BCUT2D eigenvalue weighted by Gasteiger charge is 2.35. The maximum absolute atomic E-state index is 5.80. The lowest BCUT2D eigenvalue weighted by Gasteiger charge is -2.40. The minimum atomic E-state index is 0.406. The summed E-state index contributed by atoms with van der Waals surface area (Å²) >= 11 is 0. The standard InChI is InChI=1S/C10H17N3/c1-13-7-9(6-12-13)5-10(8-11)3-2-4-10/h6-7H,2-5,8,11H2,1H3. The van der Waals surface area contributed by atoms with Crippen LogP contribution in [0.1, 0.15) is 24.8 Å². The van der Waals surface area contributed by atoms with E-state index < -0.39 is 0 Å². The molecule has 1 heterocycles. The minimum Gasteiger partial charge on any atom is -0.330 e. The first kappa shape index (κ1) is 8.75. The summed E-state index contributed by atoms with van der Waals surface area (Å²) in [7, 11) is 1.96. The van der Waals surface area contributed by atoms with E-state index in [1.54, 1.807) is 0 Å². The van der Waals surface area contributed by atoms with Crippen molar-refractivity contribution < 1.29 is 0 Å². The molecule has 0 aromatic carbocycles. The second-order valence-electron chi connectivity index (χ2n) is 4.26. The normalized spacial score (nSPS) is 19.8. The SMILES string of the molecule is Cn1cc(CC2(CN)CCC2)cn1. The molecule has 1 aliphatic rings. The Hall–Kier alpha value is -0.830. The van der Waals surface area contributed by atoms with Crippen molar-refractivity contribution in [2.24, 2.45) is 18.2 Å². The van der Waals surface area contributed by atoms with Gasteiger partial charge in [0, 0.05) is 13.2 Å². The Morgan fingerprint density at radius 2 is 2.38 bits per heavy atom. The lowest BCUT2D eigenvalue weighted by atomic mass is 9.66. The van der Waals surface area contributed by atoms with Crippen molar-refractivity contribution in [2.75, 3.05) is 6.54 Å². The smallest absolute Gasteiger partial charge is 0.0521 e. The summed E-state index contributed by atoms with van der Waals surface area (Å²) < 4.78 is 1.86. The molecule has 0 saturated heterocycles. The average molecular weight is 179 g/mol. The van der Waals surface area contributed by atoms with Crippen LogP contribution in [0.3, 0.4) is 0 Å². The summed E-state index contributed by atoms with van der Waals surface area (Å²) in [4.78, 5) is 0. The molecule has 0 radical (unpaired) electrons. The number of rotatable bonds is 3. The second kappa shape index (κ2) is 3.14. The van der Waals surface area contributed by atoms with Crippen molar-refractivity contribution in [1.29, 1.82) is 0 Å².